The van der Waals surface area contributed by atoms with Crippen LogP contribution < -0.4 is 15.8 Å². The standard InChI is InChI=1S/C22H21FN6O2/c1-28-19-4-3-15(17-6-7-25-27-17)21(23)16(19)12-18(22(28)30)26-20-5-2-14(13-24-20)29-8-10-31-11-9-29/h2-7,12-13H,8-11H2,1H3,(H,24,26)(H,25,27). The summed E-state index contributed by atoms with van der Waals surface area (Å²) >= 11 is 0. The Hall–Kier alpha value is -3.72. The second-order valence-corrected chi connectivity index (χ2v) is 7.37. The van der Waals surface area contributed by atoms with Crippen LogP contribution in [0.4, 0.5) is 21.6 Å². The highest BCUT2D eigenvalue weighted by Gasteiger charge is 2.16. The Morgan fingerprint density at radius 2 is 2.00 bits per heavy atom. The van der Waals surface area contributed by atoms with Gasteiger partial charge in [-0.05, 0) is 36.4 Å². The van der Waals surface area contributed by atoms with Crippen molar-refractivity contribution < 1.29 is 9.13 Å². The van der Waals surface area contributed by atoms with Gasteiger partial charge in [-0.1, -0.05) is 0 Å². The number of hydrogen-bond acceptors (Lipinski definition) is 6. The molecule has 2 N–H and O–H groups in total. The van der Waals surface area contributed by atoms with Crippen molar-refractivity contribution in [2.24, 2.45) is 7.05 Å². The molecule has 0 atom stereocenters. The number of benzene rings is 1. The van der Waals surface area contributed by atoms with Gasteiger partial charge in [-0.25, -0.2) is 9.37 Å². The number of anilines is 3. The molecule has 0 aliphatic carbocycles. The lowest BCUT2D eigenvalue weighted by Gasteiger charge is -2.28. The number of aromatic nitrogens is 4. The lowest BCUT2D eigenvalue weighted by atomic mass is 10.1. The zero-order valence-electron chi connectivity index (χ0n) is 16.9. The van der Waals surface area contributed by atoms with Crippen LogP contribution in [0.15, 0.2) is 53.6 Å². The highest BCUT2D eigenvalue weighted by molar-refractivity contribution is 5.88. The molecule has 0 unspecified atom stereocenters. The topological polar surface area (TPSA) is 88.1 Å². The number of ether oxygens (including phenoxy) is 1. The van der Waals surface area contributed by atoms with E-state index in [9.17, 15) is 4.79 Å². The van der Waals surface area contributed by atoms with Gasteiger partial charge in [-0.15, -0.1) is 0 Å². The first-order chi connectivity index (χ1) is 15.1. The van der Waals surface area contributed by atoms with E-state index in [1.807, 2.05) is 12.1 Å². The van der Waals surface area contributed by atoms with E-state index in [0.29, 0.717) is 41.2 Å². The molecule has 0 amide bonds. The molecule has 8 nitrogen and oxygen atoms in total. The first-order valence-electron chi connectivity index (χ1n) is 10.00. The summed E-state index contributed by atoms with van der Waals surface area (Å²) in [7, 11) is 1.62. The number of H-pyrrole nitrogens is 1. The number of rotatable bonds is 4. The molecular formula is C22H21FN6O2. The van der Waals surface area contributed by atoms with Crippen LogP contribution >= 0.6 is 0 Å². The van der Waals surface area contributed by atoms with Gasteiger partial charge in [0.2, 0.25) is 0 Å². The van der Waals surface area contributed by atoms with E-state index in [-0.39, 0.29) is 11.2 Å². The van der Waals surface area contributed by atoms with Crippen LogP contribution in [0.1, 0.15) is 0 Å². The molecule has 1 aromatic carbocycles. The number of nitrogens with zero attached hydrogens (tertiary/aromatic N) is 4. The van der Waals surface area contributed by atoms with Gasteiger partial charge in [-0.3, -0.25) is 9.89 Å². The highest BCUT2D eigenvalue weighted by Crippen LogP contribution is 2.29. The smallest absolute Gasteiger partial charge is 0.274 e. The molecule has 0 bridgehead atoms. The van der Waals surface area contributed by atoms with Gasteiger partial charge in [0.1, 0.15) is 17.3 Å². The molecule has 1 aliphatic heterocycles. The van der Waals surface area contributed by atoms with E-state index in [4.69, 9.17) is 4.74 Å². The molecule has 31 heavy (non-hydrogen) atoms. The molecule has 0 radical (unpaired) electrons. The summed E-state index contributed by atoms with van der Waals surface area (Å²) in [5.41, 5.74) is 2.35. The predicted octanol–water partition coefficient (Wildman–Crippen LogP) is 3.04. The molecule has 1 saturated heterocycles. The van der Waals surface area contributed by atoms with Crippen LogP contribution in [-0.2, 0) is 11.8 Å². The highest BCUT2D eigenvalue weighted by atomic mass is 19.1. The molecular weight excluding hydrogens is 399 g/mol. The van der Waals surface area contributed by atoms with Gasteiger partial charge >= 0.3 is 0 Å². The second-order valence-electron chi connectivity index (χ2n) is 7.37. The first kappa shape index (κ1) is 19.3. The molecule has 0 saturated carbocycles. The summed E-state index contributed by atoms with van der Waals surface area (Å²) in [5.74, 6) is 0.0798. The van der Waals surface area contributed by atoms with Crippen LogP contribution in [0, 0.1) is 5.82 Å². The Morgan fingerprint density at radius 1 is 1.16 bits per heavy atom. The minimum atomic E-state index is -0.432. The molecule has 4 heterocycles. The van der Waals surface area contributed by atoms with Crippen molar-refractivity contribution >= 4 is 28.1 Å². The number of morpholine rings is 1. The van der Waals surface area contributed by atoms with Crippen molar-refractivity contribution in [3.05, 3.63) is 65.0 Å². The molecule has 9 heteroatoms. The molecule has 3 aromatic heterocycles. The Kier molecular flexibility index (Phi) is 4.87. The number of aromatic amines is 1. The average molecular weight is 420 g/mol. The average Bonchev–Trinajstić information content (AvgIpc) is 3.34. The van der Waals surface area contributed by atoms with E-state index in [0.717, 1.165) is 18.8 Å². The van der Waals surface area contributed by atoms with Gasteiger partial charge in [0.15, 0.2) is 0 Å². The number of aryl methyl sites for hydroxylation is 1. The van der Waals surface area contributed by atoms with Crippen LogP contribution in [0.25, 0.3) is 22.2 Å². The first-order valence-corrected chi connectivity index (χ1v) is 10.00. The zero-order valence-corrected chi connectivity index (χ0v) is 16.9. The number of pyridine rings is 2. The lowest BCUT2D eigenvalue weighted by molar-refractivity contribution is 0.122. The van der Waals surface area contributed by atoms with Crippen molar-refractivity contribution in [3.63, 3.8) is 0 Å². The predicted molar refractivity (Wildman–Crippen MR) is 117 cm³/mol. The van der Waals surface area contributed by atoms with Gasteiger partial charge in [0, 0.05) is 37.3 Å². The summed E-state index contributed by atoms with van der Waals surface area (Å²) in [6, 6.07) is 10.3. The van der Waals surface area contributed by atoms with Gasteiger partial charge in [0.25, 0.3) is 5.56 Å². The van der Waals surface area contributed by atoms with Crippen molar-refractivity contribution in [2.45, 2.75) is 0 Å². The molecule has 1 fully saturated rings. The normalized spacial score (nSPS) is 14.2. The Morgan fingerprint density at radius 3 is 2.71 bits per heavy atom. The Bertz CT molecular complexity index is 1280. The molecule has 1 aliphatic rings. The summed E-state index contributed by atoms with van der Waals surface area (Å²) in [6.45, 7) is 3.02. The van der Waals surface area contributed by atoms with E-state index in [1.165, 1.54) is 10.6 Å². The number of hydrogen-bond donors (Lipinski definition) is 2. The number of nitrogens with one attached hydrogen (secondary N) is 2. The second kappa shape index (κ2) is 7.84. The summed E-state index contributed by atoms with van der Waals surface area (Å²) in [4.78, 5) is 19.5. The molecule has 158 valence electrons. The van der Waals surface area contributed by atoms with E-state index >= 15 is 4.39 Å². The summed E-state index contributed by atoms with van der Waals surface area (Å²) < 4.78 is 22.1. The number of halogens is 1. The maximum atomic E-state index is 15.3. The van der Waals surface area contributed by atoms with Crippen LogP contribution in [-0.4, -0.2) is 46.1 Å². The lowest BCUT2D eigenvalue weighted by Crippen LogP contribution is -2.36. The molecule has 4 aromatic rings. The molecule has 0 spiro atoms. The van der Waals surface area contributed by atoms with Crippen LogP contribution in [0.5, 0.6) is 0 Å². The van der Waals surface area contributed by atoms with Crippen molar-refractivity contribution in [3.8, 4) is 11.3 Å². The minimum Gasteiger partial charge on any atom is -0.378 e. The maximum Gasteiger partial charge on any atom is 0.274 e. The fourth-order valence-corrected chi connectivity index (χ4v) is 3.81. The molecule has 5 rings (SSSR count). The van der Waals surface area contributed by atoms with E-state index in [1.54, 1.807) is 37.6 Å². The third-order valence-electron chi connectivity index (χ3n) is 5.51. The Balaban J connectivity index is 1.50. The maximum absolute atomic E-state index is 15.3. The van der Waals surface area contributed by atoms with Gasteiger partial charge < -0.3 is 19.5 Å². The monoisotopic (exact) mass is 420 g/mol. The zero-order chi connectivity index (χ0) is 21.4. The Labute approximate surface area is 177 Å². The fraction of sp³-hybridized carbons (Fsp3) is 0.227. The fourth-order valence-electron chi connectivity index (χ4n) is 3.81. The summed E-state index contributed by atoms with van der Waals surface area (Å²) in [5, 5.41) is 10.1. The number of fused-ring (bicyclic) bond motifs is 1. The van der Waals surface area contributed by atoms with E-state index in [2.05, 4.69) is 25.4 Å². The summed E-state index contributed by atoms with van der Waals surface area (Å²) in [6.07, 6.45) is 3.40. The van der Waals surface area contributed by atoms with Gasteiger partial charge in [-0.2, -0.15) is 5.10 Å². The van der Waals surface area contributed by atoms with Crippen molar-refractivity contribution in [1.29, 1.82) is 0 Å². The van der Waals surface area contributed by atoms with Crippen LogP contribution in [0.3, 0.4) is 0 Å². The quantitative estimate of drug-likeness (QED) is 0.528. The van der Waals surface area contributed by atoms with Crippen LogP contribution in [0.2, 0.25) is 0 Å². The largest absolute Gasteiger partial charge is 0.378 e. The van der Waals surface area contributed by atoms with E-state index < -0.39 is 5.82 Å². The third kappa shape index (κ3) is 3.53. The SMILES string of the molecule is Cn1c(=O)c(Nc2ccc(N3CCOCC3)cn2)cc2c(F)c(-c3cc[nH]n3)ccc21. The minimum absolute atomic E-state index is 0.250. The van der Waals surface area contributed by atoms with Crippen molar-refractivity contribution in [2.75, 3.05) is 36.5 Å². The van der Waals surface area contributed by atoms with Gasteiger partial charge in [0.05, 0.1) is 36.3 Å². The third-order valence-corrected chi connectivity index (χ3v) is 5.51. The van der Waals surface area contributed by atoms with Crippen molar-refractivity contribution in [1.82, 2.24) is 19.7 Å².